The Labute approximate surface area is 154 Å². The normalized spacial score (nSPS) is 19.0. The van der Waals surface area contributed by atoms with Crippen LogP contribution in [0.5, 0.6) is 0 Å². The number of carbonyl (C=O) groups is 1. The number of fused-ring (bicyclic) bond motifs is 1. The summed E-state index contributed by atoms with van der Waals surface area (Å²) in [4.78, 5) is 19.2. The molecule has 3 rings (SSSR count). The van der Waals surface area contributed by atoms with E-state index in [0.29, 0.717) is 25.3 Å². The molecule has 1 aliphatic rings. The molecule has 1 atom stereocenters. The van der Waals surface area contributed by atoms with Gasteiger partial charge in [0, 0.05) is 38.8 Å². The molecule has 0 aliphatic carbocycles. The summed E-state index contributed by atoms with van der Waals surface area (Å²) in [5.41, 5.74) is 1.21. The fourth-order valence-electron chi connectivity index (χ4n) is 3.58. The number of nitrogens with zero attached hydrogens (tertiary/aromatic N) is 4. The number of pyridine rings is 1. The molecule has 1 aliphatic heterocycles. The standard InChI is InChI=1S/C18H26N4O3S/c1-4-10-20(2)18(23)16-15-9-5-6-12-22(15)17(19-16)14-8-7-11-21(13-14)26(3,24)25/h5-6,9,12,14H,4,7-8,10-11,13H2,1-3H3/t14-/m0/s1. The van der Waals surface area contributed by atoms with Crippen molar-refractivity contribution < 1.29 is 13.2 Å². The smallest absolute Gasteiger partial charge is 0.274 e. The lowest BCUT2D eigenvalue weighted by molar-refractivity contribution is 0.0791. The van der Waals surface area contributed by atoms with Gasteiger partial charge in [-0.1, -0.05) is 13.0 Å². The van der Waals surface area contributed by atoms with Crippen LogP contribution in [0.2, 0.25) is 0 Å². The van der Waals surface area contributed by atoms with Gasteiger partial charge in [-0.05, 0) is 31.4 Å². The molecule has 0 spiro atoms. The SMILES string of the molecule is CCCN(C)C(=O)c1nc([C@H]2CCCN(S(C)(=O)=O)C2)n2ccccc12. The number of hydrogen-bond acceptors (Lipinski definition) is 4. The van der Waals surface area contributed by atoms with Crippen LogP contribution in [0.4, 0.5) is 0 Å². The van der Waals surface area contributed by atoms with E-state index in [-0.39, 0.29) is 11.8 Å². The van der Waals surface area contributed by atoms with Gasteiger partial charge in [-0.2, -0.15) is 0 Å². The molecule has 142 valence electrons. The fraction of sp³-hybridized carbons (Fsp3) is 0.556. The lowest BCUT2D eigenvalue weighted by atomic mass is 9.99. The van der Waals surface area contributed by atoms with E-state index in [1.807, 2.05) is 35.7 Å². The van der Waals surface area contributed by atoms with Crippen molar-refractivity contribution in [2.24, 2.45) is 0 Å². The number of hydrogen-bond donors (Lipinski definition) is 0. The van der Waals surface area contributed by atoms with E-state index in [0.717, 1.165) is 30.6 Å². The van der Waals surface area contributed by atoms with Gasteiger partial charge in [-0.15, -0.1) is 0 Å². The second-order valence-corrected chi connectivity index (χ2v) is 8.94. The van der Waals surface area contributed by atoms with Gasteiger partial charge in [-0.3, -0.25) is 4.79 Å². The highest BCUT2D eigenvalue weighted by Crippen LogP contribution is 2.29. The van der Waals surface area contributed by atoms with Crippen LogP contribution in [0.1, 0.15) is 48.4 Å². The van der Waals surface area contributed by atoms with E-state index in [1.54, 1.807) is 11.9 Å². The molecule has 1 fully saturated rings. The van der Waals surface area contributed by atoms with Crippen LogP contribution < -0.4 is 0 Å². The predicted octanol–water partition coefficient (Wildman–Crippen LogP) is 1.96. The zero-order valence-electron chi connectivity index (χ0n) is 15.6. The number of carbonyl (C=O) groups excluding carboxylic acids is 1. The van der Waals surface area contributed by atoms with Gasteiger partial charge < -0.3 is 9.30 Å². The minimum Gasteiger partial charge on any atom is -0.340 e. The fourth-order valence-corrected chi connectivity index (χ4v) is 4.49. The third-order valence-corrected chi connectivity index (χ3v) is 6.17. The Morgan fingerprint density at radius 3 is 2.85 bits per heavy atom. The zero-order valence-corrected chi connectivity index (χ0v) is 16.4. The number of imidazole rings is 1. The van der Waals surface area contributed by atoms with Gasteiger partial charge in [0.2, 0.25) is 10.0 Å². The Bertz CT molecular complexity index is 906. The maximum atomic E-state index is 12.8. The highest BCUT2D eigenvalue weighted by molar-refractivity contribution is 7.88. The second-order valence-electron chi connectivity index (χ2n) is 6.96. The van der Waals surface area contributed by atoms with E-state index >= 15 is 0 Å². The number of sulfonamides is 1. The van der Waals surface area contributed by atoms with Crippen LogP contribution in [0.15, 0.2) is 24.4 Å². The van der Waals surface area contributed by atoms with Crippen molar-refractivity contribution in [1.29, 1.82) is 0 Å². The monoisotopic (exact) mass is 378 g/mol. The van der Waals surface area contributed by atoms with E-state index in [2.05, 4.69) is 4.98 Å². The summed E-state index contributed by atoms with van der Waals surface area (Å²) in [7, 11) is -1.45. The Hall–Kier alpha value is -1.93. The largest absolute Gasteiger partial charge is 0.340 e. The Morgan fingerprint density at radius 1 is 1.38 bits per heavy atom. The highest BCUT2D eigenvalue weighted by Gasteiger charge is 2.31. The molecule has 7 nitrogen and oxygen atoms in total. The third kappa shape index (κ3) is 3.61. The van der Waals surface area contributed by atoms with Gasteiger partial charge in [0.25, 0.3) is 5.91 Å². The summed E-state index contributed by atoms with van der Waals surface area (Å²) in [5.74, 6) is 0.645. The summed E-state index contributed by atoms with van der Waals surface area (Å²) in [6, 6.07) is 5.68. The third-order valence-electron chi connectivity index (χ3n) is 4.90. The van der Waals surface area contributed by atoms with E-state index in [4.69, 9.17) is 0 Å². The summed E-state index contributed by atoms with van der Waals surface area (Å²) in [5, 5.41) is 0. The van der Waals surface area contributed by atoms with Crippen LogP contribution in [0.25, 0.3) is 5.52 Å². The maximum absolute atomic E-state index is 12.8. The minimum absolute atomic E-state index is 0.0218. The molecule has 1 amide bonds. The van der Waals surface area contributed by atoms with Crippen LogP contribution in [0.3, 0.4) is 0 Å². The summed E-state index contributed by atoms with van der Waals surface area (Å²) in [6.07, 6.45) is 5.67. The Balaban J connectivity index is 2.00. The first-order valence-electron chi connectivity index (χ1n) is 9.00. The molecule has 26 heavy (non-hydrogen) atoms. The van der Waals surface area contributed by atoms with E-state index in [1.165, 1.54) is 10.6 Å². The van der Waals surface area contributed by atoms with Gasteiger partial charge in [-0.25, -0.2) is 17.7 Å². The van der Waals surface area contributed by atoms with Crippen molar-refractivity contribution >= 4 is 21.4 Å². The number of amides is 1. The van der Waals surface area contributed by atoms with Crippen LogP contribution in [0, 0.1) is 0 Å². The molecule has 0 radical (unpaired) electrons. The highest BCUT2D eigenvalue weighted by atomic mass is 32.2. The Kier molecular flexibility index (Phi) is 5.34. The van der Waals surface area contributed by atoms with Crippen LogP contribution in [-0.4, -0.2) is 65.9 Å². The molecule has 3 heterocycles. The quantitative estimate of drug-likeness (QED) is 0.797. The molecule has 8 heteroatoms. The molecular weight excluding hydrogens is 352 g/mol. The molecular formula is C18H26N4O3S. The first-order valence-corrected chi connectivity index (χ1v) is 10.8. The first kappa shape index (κ1) is 18.8. The Morgan fingerprint density at radius 2 is 2.15 bits per heavy atom. The molecule has 0 aromatic carbocycles. The molecule has 0 N–H and O–H groups in total. The average Bonchev–Trinajstić information content (AvgIpc) is 3.00. The van der Waals surface area contributed by atoms with Crippen molar-refractivity contribution in [2.75, 3.05) is 32.9 Å². The molecule has 0 saturated carbocycles. The maximum Gasteiger partial charge on any atom is 0.274 e. The molecule has 0 unspecified atom stereocenters. The van der Waals surface area contributed by atoms with Crippen LogP contribution in [-0.2, 0) is 10.0 Å². The van der Waals surface area contributed by atoms with Crippen molar-refractivity contribution in [3.8, 4) is 0 Å². The van der Waals surface area contributed by atoms with Crippen molar-refractivity contribution in [1.82, 2.24) is 18.6 Å². The topological polar surface area (TPSA) is 75.0 Å². The van der Waals surface area contributed by atoms with Crippen molar-refractivity contribution in [3.63, 3.8) is 0 Å². The average molecular weight is 378 g/mol. The number of aromatic nitrogens is 2. The number of piperidine rings is 1. The minimum atomic E-state index is -3.23. The van der Waals surface area contributed by atoms with Crippen molar-refractivity contribution in [3.05, 3.63) is 35.9 Å². The summed E-state index contributed by atoms with van der Waals surface area (Å²) in [6.45, 7) is 3.66. The molecule has 1 saturated heterocycles. The van der Waals surface area contributed by atoms with Crippen molar-refractivity contribution in [2.45, 2.75) is 32.1 Å². The zero-order chi connectivity index (χ0) is 18.9. The van der Waals surface area contributed by atoms with Gasteiger partial charge >= 0.3 is 0 Å². The molecule has 2 aromatic heterocycles. The van der Waals surface area contributed by atoms with Gasteiger partial charge in [0.1, 0.15) is 5.82 Å². The van der Waals surface area contributed by atoms with Crippen LogP contribution >= 0.6 is 0 Å². The molecule has 0 bridgehead atoms. The number of rotatable bonds is 5. The van der Waals surface area contributed by atoms with Gasteiger partial charge in [0.05, 0.1) is 11.8 Å². The summed E-state index contributed by atoms with van der Waals surface area (Å²) < 4.78 is 27.3. The van der Waals surface area contributed by atoms with E-state index in [9.17, 15) is 13.2 Å². The lowest BCUT2D eigenvalue weighted by Crippen LogP contribution is -2.38. The molecule has 2 aromatic rings. The van der Waals surface area contributed by atoms with E-state index < -0.39 is 10.0 Å². The second kappa shape index (κ2) is 7.36. The predicted molar refractivity (Wildman–Crippen MR) is 101 cm³/mol. The summed E-state index contributed by atoms with van der Waals surface area (Å²) >= 11 is 0. The van der Waals surface area contributed by atoms with Gasteiger partial charge in [0.15, 0.2) is 5.69 Å². The first-order chi connectivity index (χ1) is 12.3. The lowest BCUT2D eigenvalue weighted by Gasteiger charge is -2.30.